The maximum Gasteiger partial charge on any atom is 0.326 e. The Balaban J connectivity index is 1.63. The van der Waals surface area contributed by atoms with Gasteiger partial charge in [-0.05, 0) is 49.2 Å². The molecule has 1 atom stereocenters. The lowest BCUT2D eigenvalue weighted by Gasteiger charge is -2.19. The summed E-state index contributed by atoms with van der Waals surface area (Å²) in [6.07, 6.45) is 1.16. The fraction of sp³-hybridized carbons (Fsp3) is 0.294. The van der Waals surface area contributed by atoms with Crippen molar-refractivity contribution in [2.75, 3.05) is 6.54 Å². The molecule has 0 saturated carbocycles. The van der Waals surface area contributed by atoms with Crippen molar-refractivity contribution in [3.63, 3.8) is 0 Å². The molecular formula is C17H16BrNO5. The highest BCUT2D eigenvalue weighted by molar-refractivity contribution is 9.10. The van der Waals surface area contributed by atoms with Crippen LogP contribution in [0.25, 0.3) is 0 Å². The highest BCUT2D eigenvalue weighted by Gasteiger charge is 2.35. The Kier molecular flexibility index (Phi) is 4.89. The number of carboxylic acid groups (broad SMARTS) is 1. The lowest BCUT2D eigenvalue weighted by atomic mass is 10.2. The topological polar surface area (TPSA) is 80.0 Å². The van der Waals surface area contributed by atoms with Gasteiger partial charge >= 0.3 is 5.97 Å². The van der Waals surface area contributed by atoms with E-state index in [0.717, 1.165) is 4.47 Å². The molecule has 1 aromatic heterocycles. The number of likely N-dealkylation sites (tertiary alicyclic amines) is 1. The summed E-state index contributed by atoms with van der Waals surface area (Å²) < 4.78 is 12.1. The van der Waals surface area contributed by atoms with Gasteiger partial charge in [0.05, 0.1) is 0 Å². The Hall–Kier alpha value is -2.28. The van der Waals surface area contributed by atoms with Crippen LogP contribution in [-0.4, -0.2) is 34.5 Å². The zero-order valence-electron chi connectivity index (χ0n) is 12.8. The first kappa shape index (κ1) is 16.6. The molecule has 1 saturated heterocycles. The van der Waals surface area contributed by atoms with Crippen LogP contribution >= 0.6 is 15.9 Å². The Morgan fingerprint density at radius 2 is 2.00 bits per heavy atom. The van der Waals surface area contributed by atoms with E-state index in [1.54, 1.807) is 12.1 Å². The van der Waals surface area contributed by atoms with Gasteiger partial charge in [-0.2, -0.15) is 0 Å². The normalized spacial score (nSPS) is 17.0. The van der Waals surface area contributed by atoms with Crippen molar-refractivity contribution >= 4 is 27.8 Å². The Labute approximate surface area is 147 Å². The standard InChI is InChI=1S/C17H16BrNO5/c18-11-3-5-12(6-4-11)23-10-13-7-8-15(24-13)16(20)19-9-1-2-14(19)17(21)22/h3-8,14H,1-2,9-10H2,(H,21,22). The van der Waals surface area contributed by atoms with Crippen LogP contribution in [0.5, 0.6) is 5.75 Å². The Morgan fingerprint density at radius 1 is 1.25 bits per heavy atom. The van der Waals surface area contributed by atoms with Crippen molar-refractivity contribution in [1.82, 2.24) is 4.90 Å². The van der Waals surface area contributed by atoms with Crippen LogP contribution in [-0.2, 0) is 11.4 Å². The average Bonchev–Trinajstić information content (AvgIpc) is 3.23. The number of carboxylic acids is 1. The van der Waals surface area contributed by atoms with E-state index >= 15 is 0 Å². The van der Waals surface area contributed by atoms with Crippen LogP contribution < -0.4 is 4.74 Å². The molecule has 1 aliphatic heterocycles. The predicted octanol–water partition coefficient (Wildman–Crippen LogP) is 3.31. The number of hydrogen-bond acceptors (Lipinski definition) is 4. The van der Waals surface area contributed by atoms with Crippen LogP contribution in [0, 0.1) is 0 Å². The number of carbonyl (C=O) groups excluding carboxylic acids is 1. The second kappa shape index (κ2) is 7.09. The summed E-state index contributed by atoms with van der Waals surface area (Å²) >= 11 is 3.35. The van der Waals surface area contributed by atoms with Gasteiger partial charge in [0.2, 0.25) is 0 Å². The lowest BCUT2D eigenvalue weighted by molar-refractivity contribution is -0.141. The largest absolute Gasteiger partial charge is 0.486 e. The zero-order chi connectivity index (χ0) is 17.1. The molecule has 0 spiro atoms. The van der Waals surface area contributed by atoms with Crippen LogP contribution in [0.1, 0.15) is 29.2 Å². The van der Waals surface area contributed by atoms with Crippen molar-refractivity contribution in [3.05, 3.63) is 52.4 Å². The average molecular weight is 394 g/mol. The SMILES string of the molecule is O=C(O)C1CCCN1C(=O)c1ccc(COc2ccc(Br)cc2)o1. The summed E-state index contributed by atoms with van der Waals surface area (Å²) in [5.74, 6) is -0.0427. The smallest absolute Gasteiger partial charge is 0.326 e. The van der Waals surface area contributed by atoms with Crippen molar-refractivity contribution in [3.8, 4) is 5.75 Å². The van der Waals surface area contributed by atoms with Gasteiger partial charge in [0.25, 0.3) is 5.91 Å². The highest BCUT2D eigenvalue weighted by Crippen LogP contribution is 2.22. The third-order valence-electron chi connectivity index (χ3n) is 3.87. The van der Waals surface area contributed by atoms with Crippen LogP contribution in [0.15, 0.2) is 45.3 Å². The van der Waals surface area contributed by atoms with E-state index < -0.39 is 17.9 Å². The quantitative estimate of drug-likeness (QED) is 0.842. The second-order valence-electron chi connectivity index (χ2n) is 5.50. The number of carbonyl (C=O) groups is 2. The number of furan rings is 1. The molecule has 0 aliphatic carbocycles. The monoisotopic (exact) mass is 393 g/mol. The minimum Gasteiger partial charge on any atom is -0.486 e. The molecule has 0 radical (unpaired) electrons. The summed E-state index contributed by atoms with van der Waals surface area (Å²) in [7, 11) is 0. The molecule has 24 heavy (non-hydrogen) atoms. The summed E-state index contributed by atoms with van der Waals surface area (Å²) in [5.41, 5.74) is 0. The van der Waals surface area contributed by atoms with E-state index in [4.69, 9.17) is 14.3 Å². The molecule has 1 aromatic carbocycles. The third-order valence-corrected chi connectivity index (χ3v) is 4.39. The summed E-state index contributed by atoms with van der Waals surface area (Å²) in [6, 6.07) is 9.82. The molecule has 6 nitrogen and oxygen atoms in total. The molecule has 1 N–H and O–H groups in total. The minimum absolute atomic E-state index is 0.137. The molecule has 3 rings (SSSR count). The van der Waals surface area contributed by atoms with Gasteiger partial charge in [-0.3, -0.25) is 4.79 Å². The van der Waals surface area contributed by atoms with E-state index in [1.807, 2.05) is 24.3 Å². The van der Waals surface area contributed by atoms with Crippen molar-refractivity contribution in [2.24, 2.45) is 0 Å². The summed E-state index contributed by atoms with van der Waals surface area (Å²) in [4.78, 5) is 24.9. The molecule has 1 aliphatic rings. The maximum atomic E-state index is 12.4. The lowest BCUT2D eigenvalue weighted by Crippen LogP contribution is -2.40. The van der Waals surface area contributed by atoms with Gasteiger partial charge in [-0.1, -0.05) is 15.9 Å². The number of halogens is 1. The molecule has 0 bridgehead atoms. The molecule has 1 amide bonds. The fourth-order valence-corrected chi connectivity index (χ4v) is 2.93. The Bertz CT molecular complexity index is 740. The van der Waals surface area contributed by atoms with E-state index in [0.29, 0.717) is 30.9 Å². The number of rotatable bonds is 5. The van der Waals surface area contributed by atoms with Gasteiger partial charge in [-0.25, -0.2) is 4.79 Å². The van der Waals surface area contributed by atoms with Crippen molar-refractivity contribution in [1.29, 1.82) is 0 Å². The van der Waals surface area contributed by atoms with Gasteiger partial charge in [0, 0.05) is 11.0 Å². The minimum atomic E-state index is -0.980. The first-order valence-electron chi connectivity index (χ1n) is 7.55. The number of benzene rings is 1. The highest BCUT2D eigenvalue weighted by atomic mass is 79.9. The third kappa shape index (κ3) is 3.62. The van der Waals surface area contributed by atoms with E-state index in [9.17, 15) is 9.59 Å². The molecule has 2 heterocycles. The molecule has 7 heteroatoms. The second-order valence-corrected chi connectivity index (χ2v) is 6.42. The maximum absolute atomic E-state index is 12.4. The first-order valence-corrected chi connectivity index (χ1v) is 8.35. The number of amides is 1. The van der Waals surface area contributed by atoms with Gasteiger partial charge in [0.15, 0.2) is 5.76 Å². The number of hydrogen-bond donors (Lipinski definition) is 1. The van der Waals surface area contributed by atoms with Gasteiger partial charge < -0.3 is 19.2 Å². The number of aliphatic carboxylic acids is 1. The Morgan fingerprint density at radius 3 is 2.71 bits per heavy atom. The van der Waals surface area contributed by atoms with Crippen molar-refractivity contribution < 1.29 is 23.8 Å². The number of nitrogens with zero attached hydrogens (tertiary/aromatic N) is 1. The summed E-state index contributed by atoms with van der Waals surface area (Å²) in [5, 5.41) is 9.17. The molecule has 1 unspecified atom stereocenters. The fourth-order valence-electron chi connectivity index (χ4n) is 2.66. The predicted molar refractivity (Wildman–Crippen MR) is 88.9 cm³/mol. The first-order chi connectivity index (χ1) is 11.5. The van der Waals surface area contributed by atoms with E-state index in [2.05, 4.69) is 15.9 Å². The van der Waals surface area contributed by atoms with Gasteiger partial charge in [0.1, 0.15) is 24.2 Å². The molecule has 2 aromatic rings. The van der Waals surface area contributed by atoms with Crippen molar-refractivity contribution in [2.45, 2.75) is 25.5 Å². The number of ether oxygens (including phenoxy) is 1. The molecule has 126 valence electrons. The summed E-state index contributed by atoms with van der Waals surface area (Å²) in [6.45, 7) is 0.624. The molecule has 1 fully saturated rings. The van der Waals surface area contributed by atoms with Crippen LogP contribution in [0.3, 0.4) is 0 Å². The van der Waals surface area contributed by atoms with Crippen LogP contribution in [0.4, 0.5) is 0 Å². The zero-order valence-corrected chi connectivity index (χ0v) is 14.4. The van der Waals surface area contributed by atoms with Crippen LogP contribution in [0.2, 0.25) is 0 Å². The van der Waals surface area contributed by atoms with E-state index in [1.165, 1.54) is 4.90 Å². The van der Waals surface area contributed by atoms with E-state index in [-0.39, 0.29) is 12.4 Å². The molecular weight excluding hydrogens is 378 g/mol. The van der Waals surface area contributed by atoms with Gasteiger partial charge in [-0.15, -0.1) is 0 Å².